The van der Waals surface area contributed by atoms with Crippen molar-refractivity contribution in [1.29, 1.82) is 0 Å². The molecule has 0 fully saturated rings. The van der Waals surface area contributed by atoms with Crippen molar-refractivity contribution < 1.29 is 14.3 Å². The minimum Gasteiger partial charge on any atom is -0.452 e. The van der Waals surface area contributed by atoms with Crippen LogP contribution in [0.3, 0.4) is 0 Å². The molecule has 2 rings (SSSR count). The van der Waals surface area contributed by atoms with Crippen LogP contribution in [-0.2, 0) is 20.7 Å². The van der Waals surface area contributed by atoms with Crippen LogP contribution in [0.15, 0.2) is 35.2 Å². The molecule has 0 saturated heterocycles. The number of aromatic nitrogens is 1. The summed E-state index contributed by atoms with van der Waals surface area (Å²) in [5.74, 6) is -0.534. The van der Waals surface area contributed by atoms with E-state index in [2.05, 4.69) is 10.3 Å². The van der Waals surface area contributed by atoms with Crippen molar-refractivity contribution in [3.8, 4) is 0 Å². The van der Waals surface area contributed by atoms with Gasteiger partial charge in [0.05, 0.1) is 11.4 Å². The van der Waals surface area contributed by atoms with Gasteiger partial charge in [-0.25, -0.2) is 4.98 Å². The lowest BCUT2D eigenvalue weighted by atomic mass is 10.2. The average molecular weight is 325 g/mol. The predicted molar refractivity (Wildman–Crippen MR) is 81.5 cm³/mol. The molecule has 0 aliphatic heterocycles. The van der Waals surface area contributed by atoms with E-state index in [1.165, 1.54) is 24.5 Å². The van der Waals surface area contributed by atoms with Gasteiger partial charge in [-0.3, -0.25) is 9.59 Å². The fourth-order valence-electron chi connectivity index (χ4n) is 1.53. The third kappa shape index (κ3) is 4.84. The molecule has 0 bridgehead atoms. The number of nitrogens with one attached hydrogen (secondary N) is 1. The van der Waals surface area contributed by atoms with Gasteiger partial charge in [0.1, 0.15) is 5.82 Å². The Kier molecular flexibility index (Phi) is 5.30. The van der Waals surface area contributed by atoms with E-state index >= 15 is 0 Å². The Morgan fingerprint density at radius 3 is 2.86 bits per heavy atom. The maximum absolute atomic E-state index is 11.9. The highest BCUT2D eigenvalue weighted by molar-refractivity contribution is 7.07. The molecule has 1 amide bonds. The van der Waals surface area contributed by atoms with Gasteiger partial charge in [0.2, 0.25) is 0 Å². The molecule has 1 N–H and O–H groups in total. The number of amides is 1. The number of esters is 1. The molecule has 1 atom stereocenters. The molecule has 21 heavy (non-hydrogen) atoms. The van der Waals surface area contributed by atoms with Crippen molar-refractivity contribution in [1.82, 2.24) is 4.98 Å². The summed E-state index contributed by atoms with van der Waals surface area (Å²) >= 11 is 7.21. The van der Waals surface area contributed by atoms with Gasteiger partial charge in [-0.15, -0.1) is 0 Å². The Morgan fingerprint density at radius 1 is 1.43 bits per heavy atom. The first kappa shape index (κ1) is 15.5. The van der Waals surface area contributed by atoms with Gasteiger partial charge in [-0.1, -0.05) is 11.6 Å². The molecular formula is C14H13ClN2O3S. The van der Waals surface area contributed by atoms with E-state index in [0.29, 0.717) is 10.8 Å². The first-order chi connectivity index (χ1) is 10.0. The number of carbonyl (C=O) groups excluding carboxylic acids is 2. The van der Waals surface area contributed by atoms with Crippen LogP contribution in [-0.4, -0.2) is 23.0 Å². The van der Waals surface area contributed by atoms with Crippen LogP contribution in [0.4, 0.5) is 5.82 Å². The fraction of sp³-hybridized carbons (Fsp3) is 0.214. The molecule has 2 aromatic heterocycles. The minimum atomic E-state index is -0.895. The summed E-state index contributed by atoms with van der Waals surface area (Å²) in [6.45, 7) is 1.51. The zero-order valence-corrected chi connectivity index (χ0v) is 12.8. The molecule has 110 valence electrons. The van der Waals surface area contributed by atoms with E-state index in [-0.39, 0.29) is 6.42 Å². The Hall–Kier alpha value is -1.92. The summed E-state index contributed by atoms with van der Waals surface area (Å²) in [4.78, 5) is 27.5. The second kappa shape index (κ2) is 7.19. The minimum absolute atomic E-state index is 0.153. The molecule has 0 spiro atoms. The van der Waals surface area contributed by atoms with Crippen LogP contribution in [0.2, 0.25) is 5.02 Å². The number of hydrogen-bond donors (Lipinski definition) is 1. The number of anilines is 1. The fourth-order valence-corrected chi connectivity index (χ4v) is 2.31. The molecule has 0 aliphatic rings. The Balaban J connectivity index is 1.84. The van der Waals surface area contributed by atoms with Gasteiger partial charge in [0, 0.05) is 6.20 Å². The molecule has 0 radical (unpaired) electrons. The second-order valence-electron chi connectivity index (χ2n) is 4.29. The smallest absolute Gasteiger partial charge is 0.311 e. The number of rotatable bonds is 5. The van der Waals surface area contributed by atoms with Gasteiger partial charge in [0.15, 0.2) is 6.10 Å². The van der Waals surface area contributed by atoms with Crippen LogP contribution >= 0.6 is 22.9 Å². The Bertz CT molecular complexity index is 614. The molecule has 0 aliphatic carbocycles. The number of halogens is 1. The summed E-state index contributed by atoms with van der Waals surface area (Å²) in [7, 11) is 0. The van der Waals surface area contributed by atoms with Crippen molar-refractivity contribution in [2.75, 3.05) is 5.32 Å². The van der Waals surface area contributed by atoms with Gasteiger partial charge in [-0.2, -0.15) is 11.3 Å². The number of carbonyl (C=O) groups is 2. The Morgan fingerprint density at radius 2 is 2.24 bits per heavy atom. The molecule has 0 unspecified atom stereocenters. The average Bonchev–Trinajstić information content (AvgIpc) is 2.94. The zero-order chi connectivity index (χ0) is 15.2. The van der Waals surface area contributed by atoms with Crippen molar-refractivity contribution >= 4 is 40.6 Å². The van der Waals surface area contributed by atoms with E-state index in [0.717, 1.165) is 5.56 Å². The maximum atomic E-state index is 11.9. The number of nitrogens with zero attached hydrogens (tertiary/aromatic N) is 1. The molecule has 7 heteroatoms. The van der Waals surface area contributed by atoms with E-state index in [4.69, 9.17) is 16.3 Å². The van der Waals surface area contributed by atoms with E-state index in [1.807, 2.05) is 16.8 Å². The number of pyridine rings is 1. The topological polar surface area (TPSA) is 68.3 Å². The quantitative estimate of drug-likeness (QED) is 0.859. The summed E-state index contributed by atoms with van der Waals surface area (Å²) in [6, 6.07) is 5.02. The van der Waals surface area contributed by atoms with Crippen molar-refractivity contribution in [3.63, 3.8) is 0 Å². The summed E-state index contributed by atoms with van der Waals surface area (Å²) in [5.41, 5.74) is 0.872. The lowest BCUT2D eigenvalue weighted by Gasteiger charge is -2.12. The second-order valence-corrected chi connectivity index (χ2v) is 5.51. The van der Waals surface area contributed by atoms with Crippen LogP contribution < -0.4 is 5.32 Å². The molecule has 0 saturated carbocycles. The van der Waals surface area contributed by atoms with E-state index in [9.17, 15) is 9.59 Å². The lowest BCUT2D eigenvalue weighted by molar-refractivity contribution is -0.152. The van der Waals surface area contributed by atoms with Crippen molar-refractivity contribution in [2.24, 2.45) is 0 Å². The first-order valence-electron chi connectivity index (χ1n) is 6.17. The molecule has 5 nitrogen and oxygen atoms in total. The highest BCUT2D eigenvalue weighted by Crippen LogP contribution is 2.11. The van der Waals surface area contributed by atoms with E-state index < -0.39 is 18.0 Å². The van der Waals surface area contributed by atoms with Crippen LogP contribution in [0.1, 0.15) is 12.5 Å². The molecule has 2 heterocycles. The van der Waals surface area contributed by atoms with Crippen LogP contribution in [0.5, 0.6) is 0 Å². The van der Waals surface area contributed by atoms with Crippen LogP contribution in [0.25, 0.3) is 0 Å². The van der Waals surface area contributed by atoms with Gasteiger partial charge < -0.3 is 10.1 Å². The van der Waals surface area contributed by atoms with Crippen LogP contribution in [0, 0.1) is 0 Å². The largest absolute Gasteiger partial charge is 0.452 e. The summed E-state index contributed by atoms with van der Waals surface area (Å²) in [6.07, 6.45) is 0.679. The number of ether oxygens (including phenoxy) is 1. The monoisotopic (exact) mass is 324 g/mol. The van der Waals surface area contributed by atoms with Gasteiger partial charge >= 0.3 is 5.97 Å². The first-order valence-corrected chi connectivity index (χ1v) is 7.49. The third-order valence-corrected chi connectivity index (χ3v) is 3.54. The maximum Gasteiger partial charge on any atom is 0.311 e. The highest BCUT2D eigenvalue weighted by atomic mass is 35.5. The number of thiophene rings is 1. The van der Waals surface area contributed by atoms with E-state index in [1.54, 1.807) is 12.1 Å². The Labute approximate surface area is 130 Å². The summed E-state index contributed by atoms with van der Waals surface area (Å²) in [5, 5.41) is 6.77. The summed E-state index contributed by atoms with van der Waals surface area (Å²) < 4.78 is 5.08. The normalized spacial score (nSPS) is 11.7. The SMILES string of the molecule is C[C@H](OC(=O)Cc1ccsc1)C(=O)Nc1ccc(Cl)cn1. The number of hydrogen-bond acceptors (Lipinski definition) is 5. The lowest BCUT2D eigenvalue weighted by Crippen LogP contribution is -2.30. The van der Waals surface area contributed by atoms with Gasteiger partial charge in [-0.05, 0) is 41.4 Å². The molecule has 0 aromatic carbocycles. The standard InChI is InChI=1S/C14H13ClN2O3S/c1-9(20-13(18)6-10-4-5-21-8-10)14(19)17-12-3-2-11(15)7-16-12/h2-5,7-9H,6H2,1H3,(H,16,17,19)/t9-/m0/s1. The predicted octanol–water partition coefficient (Wildman–Crippen LogP) is 2.91. The van der Waals surface area contributed by atoms with Crippen molar-refractivity contribution in [2.45, 2.75) is 19.4 Å². The van der Waals surface area contributed by atoms with Gasteiger partial charge in [0.25, 0.3) is 5.91 Å². The van der Waals surface area contributed by atoms with Crippen molar-refractivity contribution in [3.05, 3.63) is 45.7 Å². The zero-order valence-electron chi connectivity index (χ0n) is 11.2. The highest BCUT2D eigenvalue weighted by Gasteiger charge is 2.18. The molecule has 2 aromatic rings. The molecular weight excluding hydrogens is 312 g/mol. The third-order valence-electron chi connectivity index (χ3n) is 2.58.